The number of rotatable bonds is 16. The van der Waals surface area contributed by atoms with Gasteiger partial charge in [0, 0.05) is 12.3 Å². The van der Waals surface area contributed by atoms with Gasteiger partial charge >= 0.3 is 0 Å². The number of nitrogens with zero attached hydrogens (tertiary/aromatic N) is 2. The molecule has 0 aliphatic heterocycles. The minimum atomic E-state index is -0.567. The summed E-state index contributed by atoms with van der Waals surface area (Å²) >= 11 is 0. The van der Waals surface area contributed by atoms with Crippen LogP contribution in [-0.4, -0.2) is 14.8 Å². The average molecular weight is 403 g/mol. The van der Waals surface area contributed by atoms with Crippen LogP contribution in [0.5, 0.6) is 11.5 Å². The first kappa shape index (κ1) is 24.8. The summed E-state index contributed by atoms with van der Waals surface area (Å²) in [5.41, 5.74) is -0.777. The van der Waals surface area contributed by atoms with Crippen molar-refractivity contribution in [2.75, 3.05) is 0 Å². The SMILES string of the molecule is CCCCCCCCCCCCCCCCC=Cn1c(C#N)c(O)c(O)cc1=O. The highest BCUT2D eigenvalue weighted by atomic mass is 16.3. The van der Waals surface area contributed by atoms with Gasteiger partial charge in [0.05, 0.1) is 0 Å². The topological polar surface area (TPSA) is 86.2 Å². The molecular formula is C24H38N2O3. The lowest BCUT2D eigenvalue weighted by Crippen LogP contribution is -2.16. The molecule has 0 radical (unpaired) electrons. The van der Waals surface area contributed by atoms with Crippen LogP contribution in [0.25, 0.3) is 6.20 Å². The highest BCUT2D eigenvalue weighted by Crippen LogP contribution is 2.25. The largest absolute Gasteiger partial charge is 0.504 e. The Balaban J connectivity index is 2.06. The maximum absolute atomic E-state index is 11.9. The van der Waals surface area contributed by atoms with E-state index in [1.165, 1.54) is 83.2 Å². The fourth-order valence-corrected chi connectivity index (χ4v) is 3.49. The lowest BCUT2D eigenvalue weighted by atomic mass is 10.0. The van der Waals surface area contributed by atoms with Gasteiger partial charge in [-0.3, -0.25) is 9.36 Å². The second-order valence-corrected chi connectivity index (χ2v) is 7.82. The third-order valence-electron chi connectivity index (χ3n) is 5.29. The smallest absolute Gasteiger partial charge is 0.259 e. The van der Waals surface area contributed by atoms with Crippen molar-refractivity contribution in [2.45, 2.75) is 103 Å². The Morgan fingerprint density at radius 3 is 1.86 bits per heavy atom. The first-order chi connectivity index (χ1) is 14.1. The van der Waals surface area contributed by atoms with E-state index in [9.17, 15) is 15.0 Å². The zero-order chi connectivity index (χ0) is 21.3. The zero-order valence-corrected chi connectivity index (χ0v) is 18.0. The molecule has 29 heavy (non-hydrogen) atoms. The van der Waals surface area contributed by atoms with Crippen LogP contribution in [0.1, 0.15) is 109 Å². The Labute approximate surface area is 175 Å². The lowest BCUT2D eigenvalue weighted by molar-refractivity contribution is 0.398. The van der Waals surface area contributed by atoms with Crippen LogP contribution >= 0.6 is 0 Å². The lowest BCUT2D eigenvalue weighted by Gasteiger charge is -2.05. The Morgan fingerprint density at radius 1 is 0.897 bits per heavy atom. The molecule has 0 unspecified atom stereocenters. The maximum atomic E-state index is 11.9. The summed E-state index contributed by atoms with van der Waals surface area (Å²) in [6.45, 7) is 2.26. The van der Waals surface area contributed by atoms with E-state index >= 15 is 0 Å². The van der Waals surface area contributed by atoms with Crippen molar-refractivity contribution in [3.05, 3.63) is 28.2 Å². The molecular weight excluding hydrogens is 364 g/mol. The van der Waals surface area contributed by atoms with Crippen molar-refractivity contribution < 1.29 is 10.2 Å². The molecule has 1 rings (SSSR count). The van der Waals surface area contributed by atoms with Crippen molar-refractivity contribution >= 4 is 6.20 Å². The second kappa shape index (κ2) is 15.7. The number of hydrogen-bond donors (Lipinski definition) is 2. The zero-order valence-electron chi connectivity index (χ0n) is 18.0. The first-order valence-electron chi connectivity index (χ1n) is 11.4. The average Bonchev–Trinajstić information content (AvgIpc) is 2.71. The summed E-state index contributed by atoms with van der Waals surface area (Å²) in [5.74, 6) is -1.13. The summed E-state index contributed by atoms with van der Waals surface area (Å²) in [6.07, 6.45) is 22.6. The van der Waals surface area contributed by atoms with Crippen LogP contribution in [0.4, 0.5) is 0 Å². The minimum absolute atomic E-state index is 0.243. The van der Waals surface area contributed by atoms with Gasteiger partial charge in [0.15, 0.2) is 17.2 Å². The summed E-state index contributed by atoms with van der Waals surface area (Å²) in [7, 11) is 0. The van der Waals surface area contributed by atoms with Gasteiger partial charge in [-0.05, 0) is 12.8 Å². The third kappa shape index (κ3) is 10.2. The van der Waals surface area contributed by atoms with Crippen LogP contribution in [0.15, 0.2) is 16.9 Å². The number of hydrogen-bond acceptors (Lipinski definition) is 4. The van der Waals surface area contributed by atoms with Crippen molar-refractivity contribution in [1.29, 1.82) is 5.26 Å². The molecule has 0 atom stereocenters. The molecule has 0 aliphatic rings. The van der Waals surface area contributed by atoms with E-state index in [1.54, 1.807) is 6.07 Å². The van der Waals surface area contributed by atoms with Crippen molar-refractivity contribution in [3.8, 4) is 17.6 Å². The summed E-state index contributed by atoms with van der Waals surface area (Å²) in [6, 6.07) is 2.66. The van der Waals surface area contributed by atoms with Gasteiger partial charge in [-0.1, -0.05) is 96.5 Å². The van der Waals surface area contributed by atoms with Crippen molar-refractivity contribution in [1.82, 2.24) is 4.57 Å². The van der Waals surface area contributed by atoms with Gasteiger partial charge in [-0.15, -0.1) is 0 Å². The monoisotopic (exact) mass is 402 g/mol. The molecule has 0 saturated carbocycles. The van der Waals surface area contributed by atoms with Gasteiger partial charge < -0.3 is 10.2 Å². The summed E-state index contributed by atoms with van der Waals surface area (Å²) < 4.78 is 1.07. The molecule has 1 aromatic heterocycles. The third-order valence-corrected chi connectivity index (χ3v) is 5.29. The Bertz CT molecular complexity index is 701. The van der Waals surface area contributed by atoms with Crippen LogP contribution in [0.3, 0.4) is 0 Å². The van der Waals surface area contributed by atoms with Crippen molar-refractivity contribution in [2.24, 2.45) is 0 Å². The normalized spacial score (nSPS) is 11.2. The Kier molecular flexibility index (Phi) is 13.4. The van der Waals surface area contributed by atoms with Gasteiger partial charge in [-0.2, -0.15) is 5.26 Å². The van der Waals surface area contributed by atoms with Crippen LogP contribution < -0.4 is 5.56 Å². The van der Waals surface area contributed by atoms with E-state index in [4.69, 9.17) is 5.26 Å². The predicted octanol–water partition coefficient (Wildman–Crippen LogP) is 6.47. The van der Waals surface area contributed by atoms with Crippen molar-refractivity contribution in [3.63, 3.8) is 0 Å². The molecule has 0 saturated heterocycles. The summed E-state index contributed by atoms with van der Waals surface area (Å²) in [5, 5.41) is 28.2. The van der Waals surface area contributed by atoms with Gasteiger partial charge in [0.2, 0.25) is 0 Å². The number of pyridine rings is 1. The molecule has 0 amide bonds. The molecule has 0 bridgehead atoms. The van der Waals surface area contributed by atoms with Gasteiger partial charge in [0.25, 0.3) is 5.56 Å². The number of aromatic hydroxyl groups is 2. The van der Waals surface area contributed by atoms with Gasteiger partial charge in [0.1, 0.15) is 6.07 Å². The molecule has 1 heterocycles. The number of aromatic nitrogens is 1. The molecule has 0 aliphatic carbocycles. The van der Waals surface area contributed by atoms with E-state index in [1.807, 2.05) is 6.08 Å². The molecule has 0 aromatic carbocycles. The first-order valence-corrected chi connectivity index (χ1v) is 11.4. The number of unbranched alkanes of at least 4 members (excludes halogenated alkanes) is 14. The maximum Gasteiger partial charge on any atom is 0.259 e. The van der Waals surface area contributed by atoms with E-state index in [0.29, 0.717) is 0 Å². The molecule has 5 nitrogen and oxygen atoms in total. The minimum Gasteiger partial charge on any atom is -0.504 e. The van der Waals surface area contributed by atoms with E-state index in [0.717, 1.165) is 29.9 Å². The fraction of sp³-hybridized carbons (Fsp3) is 0.667. The Hall–Kier alpha value is -2.22. The standard InChI is InChI=1S/C24H38N2O3/c1-2-3-4-5-6-7-8-9-10-11-12-13-14-15-16-17-18-26-21(20-25)24(29)22(27)19-23(26)28/h17-19,27,29H,2-16H2,1H3. The van der Waals surface area contributed by atoms with E-state index in [2.05, 4.69) is 6.92 Å². The number of nitriles is 1. The quantitative estimate of drug-likeness (QED) is 0.310. The fourth-order valence-electron chi connectivity index (χ4n) is 3.49. The molecule has 1 aromatic rings. The number of allylic oxidation sites excluding steroid dienone is 1. The predicted molar refractivity (Wildman–Crippen MR) is 119 cm³/mol. The highest BCUT2D eigenvalue weighted by Gasteiger charge is 2.12. The van der Waals surface area contributed by atoms with Crippen LogP contribution in [0, 0.1) is 11.3 Å². The molecule has 2 N–H and O–H groups in total. The second-order valence-electron chi connectivity index (χ2n) is 7.82. The molecule has 162 valence electrons. The van der Waals surface area contributed by atoms with E-state index < -0.39 is 17.1 Å². The van der Waals surface area contributed by atoms with Crippen LogP contribution in [0.2, 0.25) is 0 Å². The summed E-state index contributed by atoms with van der Waals surface area (Å²) in [4.78, 5) is 11.9. The highest BCUT2D eigenvalue weighted by molar-refractivity contribution is 5.50. The molecule has 5 heteroatoms. The molecule has 0 spiro atoms. The molecule has 0 fully saturated rings. The van der Waals surface area contributed by atoms with Gasteiger partial charge in [-0.25, -0.2) is 0 Å². The van der Waals surface area contributed by atoms with Crippen LogP contribution in [-0.2, 0) is 0 Å². The van der Waals surface area contributed by atoms with E-state index in [-0.39, 0.29) is 5.69 Å². The Morgan fingerprint density at radius 2 is 1.38 bits per heavy atom.